The fourth-order valence-corrected chi connectivity index (χ4v) is 3.25. The van der Waals surface area contributed by atoms with Crippen LogP contribution in [0.25, 0.3) is 0 Å². The van der Waals surface area contributed by atoms with Gasteiger partial charge in [0.05, 0.1) is 17.6 Å². The summed E-state index contributed by atoms with van der Waals surface area (Å²) in [5.41, 5.74) is 4.07. The minimum absolute atomic E-state index is 0.0977. The number of halogens is 1. The number of hydrogen-bond donors (Lipinski definition) is 2. The van der Waals surface area contributed by atoms with Gasteiger partial charge in [-0.25, -0.2) is 9.18 Å². The summed E-state index contributed by atoms with van der Waals surface area (Å²) < 4.78 is 19.7. The molecule has 3 N–H and O–H groups in total. The molecule has 2 saturated heterocycles. The molecule has 8 heteroatoms. The zero-order valence-corrected chi connectivity index (χ0v) is 14.3. The first kappa shape index (κ1) is 17.2. The molecule has 2 fully saturated rings. The van der Waals surface area contributed by atoms with Gasteiger partial charge in [-0.1, -0.05) is 6.07 Å². The maximum Gasteiger partial charge on any atom is 0.407 e. The third kappa shape index (κ3) is 2.52. The Morgan fingerprint density at radius 1 is 1.44 bits per heavy atom. The average molecular weight is 349 g/mol. The van der Waals surface area contributed by atoms with Crippen LogP contribution in [0.3, 0.4) is 0 Å². The number of alkyl carbamates (subject to hydrolysis) is 1. The number of amides is 3. The molecule has 0 bridgehead atoms. The number of carbonyl (C=O) groups is 3. The van der Waals surface area contributed by atoms with E-state index in [9.17, 15) is 18.8 Å². The van der Waals surface area contributed by atoms with Crippen LogP contribution >= 0.6 is 0 Å². The highest BCUT2D eigenvalue weighted by Crippen LogP contribution is 2.38. The summed E-state index contributed by atoms with van der Waals surface area (Å²) in [6.07, 6.45) is -1.49. The van der Waals surface area contributed by atoms with E-state index in [0.717, 1.165) is 0 Å². The van der Waals surface area contributed by atoms with Crippen LogP contribution < -0.4 is 16.0 Å². The molecule has 2 heterocycles. The Bertz CT molecular complexity index is 779. The maximum atomic E-state index is 14.6. The predicted octanol–water partition coefficient (Wildman–Crippen LogP) is 1.05. The molecule has 3 rings (SSSR count). The smallest absolute Gasteiger partial charge is 0.407 e. The molecule has 2 aliphatic rings. The molecule has 0 spiro atoms. The highest BCUT2D eigenvalue weighted by molar-refractivity contribution is 6.04. The normalized spacial score (nSPS) is 24.2. The second kappa shape index (κ2) is 5.44. The van der Waals surface area contributed by atoms with E-state index in [-0.39, 0.29) is 23.7 Å². The SMILES string of the molecule is CC1(C)CN(c2ccc(C(C)(C(N)=O)C3CNC(=O)O3)cc2F)C1=O. The fourth-order valence-electron chi connectivity index (χ4n) is 3.25. The van der Waals surface area contributed by atoms with Gasteiger partial charge < -0.3 is 20.7 Å². The molecule has 0 saturated carbocycles. The van der Waals surface area contributed by atoms with E-state index >= 15 is 0 Å². The standard InChI is InChI=1S/C17H20FN3O4/c1-16(2)8-21(14(16)23)11-5-4-9(6-10(11)18)17(3,13(19)22)12-7-20-15(24)25-12/h4-6,12H,7-8H2,1-3H3,(H2,19,22)(H,20,24). The molecule has 0 aromatic heterocycles. The summed E-state index contributed by atoms with van der Waals surface area (Å²) in [6, 6.07) is 4.15. The van der Waals surface area contributed by atoms with Crippen molar-refractivity contribution in [3.8, 4) is 0 Å². The molecule has 2 aliphatic heterocycles. The van der Waals surface area contributed by atoms with Crippen LogP contribution in [0, 0.1) is 11.2 Å². The van der Waals surface area contributed by atoms with Crippen molar-refractivity contribution in [2.45, 2.75) is 32.3 Å². The minimum Gasteiger partial charge on any atom is -0.443 e. The van der Waals surface area contributed by atoms with Crippen molar-refractivity contribution in [2.75, 3.05) is 18.0 Å². The number of carbonyl (C=O) groups excluding carboxylic acids is 3. The third-order valence-electron chi connectivity index (χ3n) is 5.05. The van der Waals surface area contributed by atoms with Crippen molar-refractivity contribution in [2.24, 2.45) is 11.1 Å². The largest absolute Gasteiger partial charge is 0.443 e. The number of primary amides is 1. The first-order valence-corrected chi connectivity index (χ1v) is 7.94. The Morgan fingerprint density at radius 2 is 2.12 bits per heavy atom. The molecule has 2 unspecified atom stereocenters. The summed E-state index contributed by atoms with van der Waals surface area (Å²) in [7, 11) is 0. The molecule has 2 atom stereocenters. The van der Waals surface area contributed by atoms with Crippen LogP contribution in [0.5, 0.6) is 0 Å². The lowest BCUT2D eigenvalue weighted by molar-refractivity contribution is -0.132. The number of rotatable bonds is 4. The summed E-state index contributed by atoms with van der Waals surface area (Å²) in [5.74, 6) is -1.53. The topological polar surface area (TPSA) is 102 Å². The van der Waals surface area contributed by atoms with Crippen molar-refractivity contribution in [3.05, 3.63) is 29.6 Å². The minimum atomic E-state index is -1.39. The number of ether oxygens (including phenoxy) is 1. The first-order chi connectivity index (χ1) is 11.6. The van der Waals surface area contributed by atoms with E-state index < -0.39 is 34.8 Å². The first-order valence-electron chi connectivity index (χ1n) is 7.94. The van der Waals surface area contributed by atoms with Crippen LogP contribution in [0.2, 0.25) is 0 Å². The van der Waals surface area contributed by atoms with Gasteiger partial charge in [0.1, 0.15) is 17.3 Å². The van der Waals surface area contributed by atoms with Crippen molar-refractivity contribution < 1.29 is 23.5 Å². The van der Waals surface area contributed by atoms with E-state index in [0.29, 0.717) is 6.54 Å². The quantitative estimate of drug-likeness (QED) is 0.793. The van der Waals surface area contributed by atoms with E-state index in [1.165, 1.54) is 30.0 Å². The summed E-state index contributed by atoms with van der Waals surface area (Å²) >= 11 is 0. The number of nitrogens with one attached hydrogen (secondary N) is 1. The maximum absolute atomic E-state index is 14.6. The van der Waals surface area contributed by atoms with Gasteiger partial charge >= 0.3 is 6.09 Å². The summed E-state index contributed by atoms with van der Waals surface area (Å²) in [5, 5.41) is 2.46. The van der Waals surface area contributed by atoms with Crippen molar-refractivity contribution in [1.82, 2.24) is 5.32 Å². The van der Waals surface area contributed by atoms with Crippen molar-refractivity contribution in [3.63, 3.8) is 0 Å². The van der Waals surface area contributed by atoms with Crippen LogP contribution in [0.4, 0.5) is 14.9 Å². The molecule has 3 amide bonds. The predicted molar refractivity (Wildman–Crippen MR) is 87.4 cm³/mol. The Kier molecular flexibility index (Phi) is 3.74. The lowest BCUT2D eigenvalue weighted by atomic mass is 9.76. The van der Waals surface area contributed by atoms with E-state index in [1.807, 2.05) is 0 Å². The van der Waals surface area contributed by atoms with Gasteiger partial charge in [0.25, 0.3) is 0 Å². The number of β-lactam (4-membered cyclic amide) rings is 1. The molecular weight excluding hydrogens is 329 g/mol. The van der Waals surface area contributed by atoms with Crippen LogP contribution in [-0.2, 0) is 19.7 Å². The number of nitrogens with zero attached hydrogens (tertiary/aromatic N) is 1. The fraction of sp³-hybridized carbons (Fsp3) is 0.471. The monoisotopic (exact) mass is 349 g/mol. The molecule has 1 aromatic rings. The third-order valence-corrected chi connectivity index (χ3v) is 5.05. The molecule has 1 aromatic carbocycles. The molecule has 7 nitrogen and oxygen atoms in total. The van der Waals surface area contributed by atoms with E-state index in [4.69, 9.17) is 10.5 Å². The lowest BCUT2D eigenvalue weighted by Crippen LogP contribution is -2.59. The van der Waals surface area contributed by atoms with Crippen LogP contribution in [-0.4, -0.2) is 37.1 Å². The average Bonchev–Trinajstić information content (AvgIpc) is 2.98. The lowest BCUT2D eigenvalue weighted by Gasteiger charge is -2.44. The zero-order chi connectivity index (χ0) is 18.6. The molecule has 25 heavy (non-hydrogen) atoms. The number of cyclic esters (lactones) is 1. The number of hydrogen-bond acceptors (Lipinski definition) is 4. The Labute approximate surface area is 144 Å². The second-order valence-electron chi connectivity index (χ2n) is 7.28. The highest BCUT2D eigenvalue weighted by atomic mass is 19.1. The van der Waals surface area contributed by atoms with Gasteiger partial charge in [0, 0.05) is 6.54 Å². The Morgan fingerprint density at radius 3 is 2.56 bits per heavy atom. The molecular formula is C17H20FN3O4. The van der Waals surface area contributed by atoms with Gasteiger partial charge in [-0.05, 0) is 38.5 Å². The number of benzene rings is 1. The van der Waals surface area contributed by atoms with E-state index in [1.54, 1.807) is 13.8 Å². The van der Waals surface area contributed by atoms with Gasteiger partial charge in [0.15, 0.2) is 0 Å². The van der Waals surface area contributed by atoms with Crippen LogP contribution in [0.15, 0.2) is 18.2 Å². The highest BCUT2D eigenvalue weighted by Gasteiger charge is 2.48. The summed E-state index contributed by atoms with van der Waals surface area (Å²) in [4.78, 5) is 36.8. The van der Waals surface area contributed by atoms with Crippen molar-refractivity contribution >= 4 is 23.6 Å². The van der Waals surface area contributed by atoms with Gasteiger partial charge in [0.2, 0.25) is 11.8 Å². The van der Waals surface area contributed by atoms with Gasteiger partial charge in [-0.3, -0.25) is 9.59 Å². The van der Waals surface area contributed by atoms with E-state index in [2.05, 4.69) is 5.32 Å². The summed E-state index contributed by atoms with van der Waals surface area (Å²) in [6.45, 7) is 5.61. The molecule has 0 aliphatic carbocycles. The zero-order valence-electron chi connectivity index (χ0n) is 14.3. The van der Waals surface area contributed by atoms with Gasteiger partial charge in [-0.15, -0.1) is 0 Å². The number of nitrogens with two attached hydrogens (primary N) is 1. The second-order valence-corrected chi connectivity index (χ2v) is 7.28. The van der Waals surface area contributed by atoms with Crippen molar-refractivity contribution in [1.29, 1.82) is 0 Å². The Hall–Kier alpha value is -2.64. The molecule has 0 radical (unpaired) electrons. The van der Waals surface area contributed by atoms with Gasteiger partial charge in [-0.2, -0.15) is 0 Å². The Balaban J connectivity index is 1.94. The van der Waals surface area contributed by atoms with Crippen LogP contribution in [0.1, 0.15) is 26.3 Å². The molecule has 134 valence electrons. The number of anilines is 1.